The minimum atomic E-state index is -0.111. The molecule has 5 rings (SSSR count). The number of hydrogen-bond donors (Lipinski definition) is 0. The van der Waals surface area contributed by atoms with Crippen LogP contribution in [0.25, 0.3) is 38.9 Å². The Kier molecular flexibility index (Phi) is 5.00. The number of methoxy groups -OCH3 is 2. The predicted molar refractivity (Wildman–Crippen MR) is 129 cm³/mol. The molecule has 3 aromatic heterocycles. The van der Waals surface area contributed by atoms with Gasteiger partial charge < -0.3 is 9.47 Å². The zero-order valence-corrected chi connectivity index (χ0v) is 19.3. The van der Waals surface area contributed by atoms with Gasteiger partial charge in [-0.15, -0.1) is 0 Å². The summed E-state index contributed by atoms with van der Waals surface area (Å²) in [7, 11) is 3.19. The van der Waals surface area contributed by atoms with Crippen molar-refractivity contribution in [3.05, 3.63) is 58.6 Å². The second-order valence-corrected chi connectivity index (χ2v) is 8.05. The lowest BCUT2D eigenvalue weighted by atomic mass is 10.2. The molecule has 0 aliphatic heterocycles. The van der Waals surface area contributed by atoms with Crippen molar-refractivity contribution in [1.29, 1.82) is 0 Å². The van der Waals surface area contributed by atoms with E-state index in [0.717, 1.165) is 23.1 Å². The highest BCUT2D eigenvalue weighted by Gasteiger charge is 2.24. The molecule has 0 fully saturated rings. The number of ether oxygens (including phenoxy) is 2. The molecule has 0 N–H and O–H groups in total. The Labute approximate surface area is 190 Å². The van der Waals surface area contributed by atoms with Crippen molar-refractivity contribution in [3.63, 3.8) is 0 Å². The fourth-order valence-corrected chi connectivity index (χ4v) is 4.32. The number of nitrogens with zero attached hydrogens (tertiary/aromatic N) is 5. The molecular weight excluding hydrogens is 418 g/mol. The third-order valence-electron chi connectivity index (χ3n) is 6.14. The minimum Gasteiger partial charge on any atom is -0.493 e. The zero-order chi connectivity index (χ0) is 23.3. The molecule has 0 saturated heterocycles. The Morgan fingerprint density at radius 2 is 1.64 bits per heavy atom. The van der Waals surface area contributed by atoms with Crippen LogP contribution < -0.4 is 15.0 Å². The van der Waals surface area contributed by atoms with E-state index in [0.29, 0.717) is 39.5 Å². The van der Waals surface area contributed by atoms with Gasteiger partial charge in [0.05, 0.1) is 30.9 Å². The molecule has 3 heterocycles. The first-order valence-electron chi connectivity index (χ1n) is 10.9. The zero-order valence-electron chi connectivity index (χ0n) is 19.3. The number of fused-ring (bicyclic) bond motifs is 4. The Morgan fingerprint density at radius 1 is 0.939 bits per heavy atom. The first kappa shape index (κ1) is 20.9. The Hall–Kier alpha value is -3.94. The molecule has 0 saturated carbocycles. The van der Waals surface area contributed by atoms with Crippen LogP contribution in [0, 0.1) is 6.92 Å². The molecule has 168 valence electrons. The van der Waals surface area contributed by atoms with Gasteiger partial charge in [-0.1, -0.05) is 19.1 Å². The number of para-hydroxylation sites is 2. The molecule has 0 spiro atoms. The van der Waals surface area contributed by atoms with Gasteiger partial charge in [0.1, 0.15) is 16.7 Å². The number of benzene rings is 2. The van der Waals surface area contributed by atoms with E-state index in [1.807, 2.05) is 60.9 Å². The topological polar surface area (TPSA) is 84.1 Å². The standard InChI is InChI=1S/C25H25N5O3/c1-6-14(2)29-15(3)26-23-21(25(29)31)22-24(28-18-10-8-7-9-17(18)27-22)30(23)16-11-12-19(32-4)20(13-16)33-5/h7-14H,6H2,1-5H3/t14-/m0/s1. The van der Waals surface area contributed by atoms with Crippen molar-refractivity contribution in [2.45, 2.75) is 33.2 Å². The molecule has 5 aromatic rings. The highest BCUT2D eigenvalue weighted by molar-refractivity contribution is 6.05. The molecule has 0 amide bonds. The molecule has 8 heteroatoms. The van der Waals surface area contributed by atoms with Crippen molar-refractivity contribution in [2.24, 2.45) is 0 Å². The quantitative estimate of drug-likeness (QED) is 0.395. The summed E-state index contributed by atoms with van der Waals surface area (Å²) >= 11 is 0. The van der Waals surface area contributed by atoms with Gasteiger partial charge in [0, 0.05) is 12.1 Å². The third kappa shape index (κ3) is 3.13. The summed E-state index contributed by atoms with van der Waals surface area (Å²) < 4.78 is 14.5. The van der Waals surface area contributed by atoms with Crippen molar-refractivity contribution in [1.82, 2.24) is 24.1 Å². The monoisotopic (exact) mass is 443 g/mol. The Bertz CT molecular complexity index is 1580. The Balaban J connectivity index is 1.98. The van der Waals surface area contributed by atoms with Crippen LogP contribution in [0.5, 0.6) is 11.5 Å². The van der Waals surface area contributed by atoms with Crippen molar-refractivity contribution in [3.8, 4) is 17.2 Å². The fraction of sp³-hybridized carbons (Fsp3) is 0.280. The number of aromatic nitrogens is 5. The first-order chi connectivity index (χ1) is 16.0. The van der Waals surface area contributed by atoms with E-state index in [9.17, 15) is 4.79 Å². The van der Waals surface area contributed by atoms with Gasteiger partial charge in [0.25, 0.3) is 5.56 Å². The molecular formula is C25H25N5O3. The average Bonchev–Trinajstić information content (AvgIpc) is 3.14. The highest BCUT2D eigenvalue weighted by atomic mass is 16.5. The minimum absolute atomic E-state index is 0.0160. The number of hydrogen-bond acceptors (Lipinski definition) is 6. The van der Waals surface area contributed by atoms with Crippen LogP contribution in [-0.2, 0) is 0 Å². The van der Waals surface area contributed by atoms with E-state index in [2.05, 4.69) is 6.92 Å². The Morgan fingerprint density at radius 3 is 2.30 bits per heavy atom. The fourth-order valence-electron chi connectivity index (χ4n) is 4.32. The molecule has 2 aromatic carbocycles. The second kappa shape index (κ2) is 7.88. The summed E-state index contributed by atoms with van der Waals surface area (Å²) in [5.41, 5.74) is 3.75. The molecule has 0 radical (unpaired) electrons. The SMILES string of the molecule is CC[C@H](C)n1c(C)nc2c(c1=O)c1nc3ccccc3nc1n2-c1ccc(OC)c(OC)c1. The predicted octanol–water partition coefficient (Wildman–Crippen LogP) is 4.58. The smallest absolute Gasteiger partial charge is 0.265 e. The van der Waals surface area contributed by atoms with Crippen molar-refractivity contribution in [2.75, 3.05) is 14.2 Å². The molecule has 0 aliphatic carbocycles. The molecule has 0 unspecified atom stereocenters. The van der Waals surface area contributed by atoms with Crippen LogP contribution in [0.3, 0.4) is 0 Å². The summed E-state index contributed by atoms with van der Waals surface area (Å²) in [6.45, 7) is 5.94. The van der Waals surface area contributed by atoms with Gasteiger partial charge >= 0.3 is 0 Å². The summed E-state index contributed by atoms with van der Waals surface area (Å²) in [5.74, 6) is 1.83. The van der Waals surface area contributed by atoms with E-state index in [4.69, 9.17) is 24.4 Å². The lowest BCUT2D eigenvalue weighted by Crippen LogP contribution is -2.26. The summed E-state index contributed by atoms with van der Waals surface area (Å²) in [4.78, 5) is 28.4. The van der Waals surface area contributed by atoms with Gasteiger partial charge in [0.15, 0.2) is 22.8 Å². The van der Waals surface area contributed by atoms with Crippen LogP contribution >= 0.6 is 0 Å². The summed E-state index contributed by atoms with van der Waals surface area (Å²) in [6.07, 6.45) is 0.816. The average molecular weight is 444 g/mol. The van der Waals surface area contributed by atoms with Crippen LogP contribution in [0.4, 0.5) is 0 Å². The maximum Gasteiger partial charge on any atom is 0.265 e. The van der Waals surface area contributed by atoms with Crippen LogP contribution in [-0.4, -0.2) is 38.3 Å². The highest BCUT2D eigenvalue weighted by Crippen LogP contribution is 2.34. The van der Waals surface area contributed by atoms with E-state index >= 15 is 0 Å². The summed E-state index contributed by atoms with van der Waals surface area (Å²) in [5, 5.41) is 0.462. The van der Waals surface area contributed by atoms with E-state index in [-0.39, 0.29) is 11.6 Å². The second-order valence-electron chi connectivity index (χ2n) is 8.05. The lowest BCUT2D eigenvalue weighted by molar-refractivity contribution is 0.355. The van der Waals surface area contributed by atoms with Gasteiger partial charge in [-0.25, -0.2) is 15.0 Å². The largest absolute Gasteiger partial charge is 0.493 e. The van der Waals surface area contributed by atoms with Gasteiger partial charge in [-0.2, -0.15) is 0 Å². The number of aryl methyl sites for hydroxylation is 1. The normalized spacial score (nSPS) is 12.5. The molecule has 0 aliphatic rings. The van der Waals surface area contributed by atoms with Gasteiger partial charge in [-0.05, 0) is 44.5 Å². The number of rotatable bonds is 5. The maximum atomic E-state index is 13.8. The molecule has 1 atom stereocenters. The maximum absolute atomic E-state index is 13.8. The van der Waals surface area contributed by atoms with Crippen LogP contribution in [0.2, 0.25) is 0 Å². The summed E-state index contributed by atoms with van der Waals surface area (Å²) in [6, 6.07) is 13.2. The van der Waals surface area contributed by atoms with Crippen molar-refractivity contribution < 1.29 is 9.47 Å². The molecule has 8 nitrogen and oxygen atoms in total. The molecule has 0 bridgehead atoms. The van der Waals surface area contributed by atoms with Crippen LogP contribution in [0.15, 0.2) is 47.3 Å². The van der Waals surface area contributed by atoms with Crippen LogP contribution in [0.1, 0.15) is 32.1 Å². The third-order valence-corrected chi connectivity index (χ3v) is 6.14. The van der Waals surface area contributed by atoms with E-state index < -0.39 is 0 Å². The van der Waals surface area contributed by atoms with Gasteiger partial charge in [0.2, 0.25) is 0 Å². The van der Waals surface area contributed by atoms with E-state index in [1.165, 1.54) is 0 Å². The van der Waals surface area contributed by atoms with E-state index in [1.54, 1.807) is 18.8 Å². The van der Waals surface area contributed by atoms with Crippen molar-refractivity contribution >= 4 is 33.2 Å². The lowest BCUT2D eigenvalue weighted by Gasteiger charge is -2.16. The first-order valence-corrected chi connectivity index (χ1v) is 10.9. The van der Waals surface area contributed by atoms with Gasteiger partial charge in [-0.3, -0.25) is 13.9 Å². The molecule has 33 heavy (non-hydrogen) atoms.